The summed E-state index contributed by atoms with van der Waals surface area (Å²) in [5.41, 5.74) is 6.96. The number of nitrogens with one attached hydrogen (secondary N) is 1. The number of methoxy groups -OCH3 is 1. The highest BCUT2D eigenvalue weighted by atomic mass is 16.5. The molecule has 0 saturated heterocycles. The molecule has 1 heterocycles. The van der Waals surface area contributed by atoms with Gasteiger partial charge in [0.1, 0.15) is 17.3 Å². The van der Waals surface area contributed by atoms with Crippen molar-refractivity contribution in [2.75, 3.05) is 24.8 Å². The fraction of sp³-hybridized carbons (Fsp3) is 0.294. The van der Waals surface area contributed by atoms with E-state index < -0.39 is 0 Å². The van der Waals surface area contributed by atoms with Gasteiger partial charge in [0.25, 0.3) is 0 Å². The molecule has 0 unspecified atom stereocenters. The van der Waals surface area contributed by atoms with Crippen LogP contribution in [0.5, 0.6) is 11.5 Å². The van der Waals surface area contributed by atoms with Gasteiger partial charge < -0.3 is 20.5 Å². The minimum absolute atomic E-state index is 0.0713. The molecule has 6 heteroatoms. The molecule has 2 aromatic rings. The lowest BCUT2D eigenvalue weighted by Crippen LogP contribution is -2.14. The maximum absolute atomic E-state index is 11.9. The van der Waals surface area contributed by atoms with Crippen LogP contribution in [0.4, 0.5) is 11.5 Å². The zero-order chi connectivity index (χ0) is 16.7. The quantitative estimate of drug-likeness (QED) is 0.767. The Labute approximate surface area is 135 Å². The summed E-state index contributed by atoms with van der Waals surface area (Å²) in [4.78, 5) is 16.0. The topological polar surface area (TPSA) is 86.5 Å². The van der Waals surface area contributed by atoms with Gasteiger partial charge >= 0.3 is 0 Å². The van der Waals surface area contributed by atoms with Crippen LogP contribution in [0.3, 0.4) is 0 Å². The van der Waals surface area contributed by atoms with Gasteiger partial charge in [0, 0.05) is 6.42 Å². The lowest BCUT2D eigenvalue weighted by atomic mass is 10.2. The van der Waals surface area contributed by atoms with Crippen molar-refractivity contribution in [2.45, 2.75) is 19.8 Å². The maximum Gasteiger partial charge on any atom is 0.224 e. The van der Waals surface area contributed by atoms with E-state index >= 15 is 0 Å². The van der Waals surface area contributed by atoms with Gasteiger partial charge in [-0.3, -0.25) is 4.79 Å². The Balaban J connectivity index is 1.72. The van der Waals surface area contributed by atoms with Gasteiger partial charge in [0.2, 0.25) is 5.91 Å². The molecule has 1 aromatic carbocycles. The van der Waals surface area contributed by atoms with E-state index in [1.54, 1.807) is 26.2 Å². The number of aromatic nitrogens is 1. The largest absolute Gasteiger partial charge is 0.497 e. The van der Waals surface area contributed by atoms with Crippen LogP contribution in [0, 0.1) is 6.92 Å². The molecular weight excluding hydrogens is 294 g/mol. The van der Waals surface area contributed by atoms with E-state index in [0.29, 0.717) is 36.6 Å². The second kappa shape index (κ2) is 8.03. The molecule has 3 N–H and O–H groups in total. The van der Waals surface area contributed by atoms with E-state index in [1.165, 1.54) is 0 Å². The molecule has 1 aromatic heterocycles. The molecule has 1 amide bonds. The molecule has 23 heavy (non-hydrogen) atoms. The van der Waals surface area contributed by atoms with Crippen LogP contribution in [0.25, 0.3) is 0 Å². The highest BCUT2D eigenvalue weighted by Gasteiger charge is 2.06. The van der Waals surface area contributed by atoms with E-state index in [4.69, 9.17) is 15.2 Å². The number of nitrogen functional groups attached to an aromatic ring is 1. The molecule has 2 rings (SSSR count). The summed E-state index contributed by atoms with van der Waals surface area (Å²) in [5.74, 6) is 1.90. The number of pyridine rings is 1. The normalized spacial score (nSPS) is 10.2. The molecule has 0 spiro atoms. The Morgan fingerprint density at radius 1 is 1.17 bits per heavy atom. The second-order valence-electron chi connectivity index (χ2n) is 5.04. The van der Waals surface area contributed by atoms with Gasteiger partial charge in [0.15, 0.2) is 0 Å². The summed E-state index contributed by atoms with van der Waals surface area (Å²) < 4.78 is 10.7. The third-order valence-corrected chi connectivity index (χ3v) is 3.26. The van der Waals surface area contributed by atoms with Crippen LogP contribution in [0.1, 0.15) is 18.5 Å². The van der Waals surface area contributed by atoms with E-state index in [9.17, 15) is 4.79 Å². The summed E-state index contributed by atoms with van der Waals surface area (Å²) in [6.45, 7) is 2.28. The van der Waals surface area contributed by atoms with Gasteiger partial charge in [-0.25, -0.2) is 4.98 Å². The zero-order valence-corrected chi connectivity index (χ0v) is 13.3. The number of ether oxygens (including phenoxy) is 2. The lowest BCUT2D eigenvalue weighted by molar-refractivity contribution is -0.116. The number of nitrogens with two attached hydrogens (primary N) is 1. The first kappa shape index (κ1) is 16.6. The average molecular weight is 315 g/mol. The van der Waals surface area contributed by atoms with E-state index in [2.05, 4.69) is 10.3 Å². The van der Waals surface area contributed by atoms with Crippen molar-refractivity contribution in [1.82, 2.24) is 4.98 Å². The van der Waals surface area contributed by atoms with Crippen LogP contribution in [-0.2, 0) is 4.79 Å². The number of nitrogens with zero attached hydrogens (tertiary/aromatic N) is 1. The van der Waals surface area contributed by atoms with Crippen LogP contribution in [-0.4, -0.2) is 24.6 Å². The third-order valence-electron chi connectivity index (χ3n) is 3.26. The van der Waals surface area contributed by atoms with E-state index in [-0.39, 0.29) is 5.91 Å². The van der Waals surface area contributed by atoms with Crippen molar-refractivity contribution in [3.8, 4) is 11.5 Å². The van der Waals surface area contributed by atoms with Crippen molar-refractivity contribution < 1.29 is 14.3 Å². The minimum atomic E-state index is -0.0713. The summed E-state index contributed by atoms with van der Waals surface area (Å²) in [6, 6.07) is 10.8. The highest BCUT2D eigenvalue weighted by molar-refractivity contribution is 5.91. The summed E-state index contributed by atoms with van der Waals surface area (Å²) in [5, 5.41) is 2.82. The first-order chi connectivity index (χ1) is 11.1. The number of benzene rings is 1. The Hall–Kier alpha value is -2.76. The molecule has 0 fully saturated rings. The number of carbonyl (C=O) groups is 1. The predicted octanol–water partition coefficient (Wildman–Crippen LogP) is 2.78. The summed E-state index contributed by atoms with van der Waals surface area (Å²) in [7, 11) is 1.62. The molecule has 0 saturated carbocycles. The summed E-state index contributed by atoms with van der Waals surface area (Å²) in [6.07, 6.45) is 0.999. The van der Waals surface area contributed by atoms with Crippen molar-refractivity contribution in [2.24, 2.45) is 0 Å². The Morgan fingerprint density at radius 2 is 1.87 bits per heavy atom. The fourth-order valence-corrected chi connectivity index (χ4v) is 2.02. The molecule has 0 aliphatic heterocycles. The van der Waals surface area contributed by atoms with Gasteiger partial charge in [0.05, 0.1) is 25.1 Å². The lowest BCUT2D eigenvalue weighted by Gasteiger charge is -2.09. The van der Waals surface area contributed by atoms with E-state index in [0.717, 1.165) is 11.5 Å². The van der Waals surface area contributed by atoms with E-state index in [1.807, 2.05) is 24.3 Å². The molecule has 0 bridgehead atoms. The first-order valence-corrected chi connectivity index (χ1v) is 7.38. The van der Waals surface area contributed by atoms with Crippen LogP contribution in [0.2, 0.25) is 0 Å². The van der Waals surface area contributed by atoms with Gasteiger partial charge in [-0.05, 0) is 49.7 Å². The molecule has 0 radical (unpaired) electrons. The number of aryl methyl sites for hydroxylation is 1. The smallest absolute Gasteiger partial charge is 0.224 e. The fourth-order valence-electron chi connectivity index (χ4n) is 2.02. The molecule has 6 nitrogen and oxygen atoms in total. The number of hydrogen-bond acceptors (Lipinski definition) is 5. The maximum atomic E-state index is 11.9. The first-order valence-electron chi connectivity index (χ1n) is 7.38. The predicted molar refractivity (Wildman–Crippen MR) is 89.7 cm³/mol. The van der Waals surface area contributed by atoms with Crippen LogP contribution >= 0.6 is 0 Å². The molecular formula is C17H21N3O3. The Morgan fingerprint density at radius 3 is 2.52 bits per heavy atom. The number of rotatable bonds is 7. The van der Waals surface area contributed by atoms with Gasteiger partial charge in [-0.1, -0.05) is 0 Å². The Bertz CT molecular complexity index is 657. The molecule has 0 aliphatic carbocycles. The monoisotopic (exact) mass is 315 g/mol. The van der Waals surface area contributed by atoms with Gasteiger partial charge in [-0.2, -0.15) is 0 Å². The van der Waals surface area contributed by atoms with Gasteiger partial charge in [-0.15, -0.1) is 0 Å². The molecule has 0 atom stereocenters. The van der Waals surface area contributed by atoms with Crippen LogP contribution in [0.15, 0.2) is 36.4 Å². The summed E-state index contributed by atoms with van der Waals surface area (Å²) >= 11 is 0. The van der Waals surface area contributed by atoms with Crippen molar-refractivity contribution in [3.63, 3.8) is 0 Å². The average Bonchev–Trinajstić information content (AvgIpc) is 2.55. The van der Waals surface area contributed by atoms with Crippen molar-refractivity contribution in [3.05, 3.63) is 42.1 Å². The van der Waals surface area contributed by atoms with Crippen molar-refractivity contribution in [1.29, 1.82) is 0 Å². The number of anilines is 2. The van der Waals surface area contributed by atoms with Crippen molar-refractivity contribution >= 4 is 17.4 Å². The second-order valence-corrected chi connectivity index (χ2v) is 5.04. The zero-order valence-electron chi connectivity index (χ0n) is 13.3. The molecule has 0 aliphatic rings. The number of amides is 1. The number of carbonyl (C=O) groups excluding carboxylic acids is 1. The molecule has 122 valence electrons. The standard InChI is InChI=1S/C17H21N3O3/c1-12-15(9-10-16(18)19-12)20-17(21)4-3-11-23-14-7-5-13(22-2)6-8-14/h5-10H,3-4,11H2,1-2H3,(H2,18,19)(H,20,21). The third kappa shape index (κ3) is 5.18. The highest BCUT2D eigenvalue weighted by Crippen LogP contribution is 2.17. The minimum Gasteiger partial charge on any atom is -0.497 e. The number of hydrogen-bond donors (Lipinski definition) is 2. The SMILES string of the molecule is COc1ccc(OCCCC(=O)Nc2ccc(N)nc2C)cc1. The van der Waals surface area contributed by atoms with Crippen LogP contribution < -0.4 is 20.5 Å². The Kier molecular flexibility index (Phi) is 5.80.